The molecule has 2 N–H and O–H groups in total. The predicted molar refractivity (Wildman–Crippen MR) is 97.2 cm³/mol. The maximum absolute atomic E-state index is 12.7. The molecular formula is C16H17N5O5S. The Morgan fingerprint density at radius 3 is 2.78 bits per heavy atom. The molecule has 0 radical (unpaired) electrons. The predicted octanol–water partition coefficient (Wildman–Crippen LogP) is 1.69. The average molecular weight is 391 g/mol. The van der Waals surface area contributed by atoms with Crippen molar-refractivity contribution in [2.45, 2.75) is 20.1 Å². The lowest BCUT2D eigenvalue weighted by atomic mass is 10.2. The molecule has 10 nitrogen and oxygen atoms in total. The minimum atomic E-state index is -1.02. The summed E-state index contributed by atoms with van der Waals surface area (Å²) < 4.78 is 11.6. The molecule has 0 fully saturated rings. The molecule has 0 aromatic carbocycles. The van der Waals surface area contributed by atoms with Gasteiger partial charge in [0.2, 0.25) is 5.88 Å². The second kappa shape index (κ2) is 7.68. The fourth-order valence-electron chi connectivity index (χ4n) is 2.53. The lowest BCUT2D eigenvalue weighted by Gasteiger charge is -2.05. The number of anilines is 1. The zero-order valence-electron chi connectivity index (χ0n) is 14.8. The van der Waals surface area contributed by atoms with Gasteiger partial charge in [0.25, 0.3) is 5.91 Å². The monoisotopic (exact) mass is 391 g/mol. The number of carboxylic acids is 1. The molecular weight excluding hydrogens is 374 g/mol. The van der Waals surface area contributed by atoms with E-state index >= 15 is 0 Å². The first-order chi connectivity index (χ1) is 12.9. The number of methoxy groups -OCH3 is 2. The summed E-state index contributed by atoms with van der Waals surface area (Å²) in [6.07, 6.45) is 1.48. The molecule has 0 saturated carbocycles. The van der Waals surface area contributed by atoms with Crippen LogP contribution in [0.1, 0.15) is 21.1 Å². The zero-order chi connectivity index (χ0) is 19.6. The van der Waals surface area contributed by atoms with Crippen molar-refractivity contribution in [2.24, 2.45) is 0 Å². The van der Waals surface area contributed by atoms with Gasteiger partial charge in [-0.05, 0) is 12.5 Å². The highest BCUT2D eigenvalue weighted by molar-refractivity contribution is 7.20. The molecule has 0 aliphatic heterocycles. The molecule has 0 bridgehead atoms. The number of fused-ring (bicyclic) bond motifs is 1. The smallest absolute Gasteiger partial charge is 0.325 e. The van der Waals surface area contributed by atoms with Crippen molar-refractivity contribution >= 4 is 39.2 Å². The number of aliphatic carboxylic acids is 1. The summed E-state index contributed by atoms with van der Waals surface area (Å²) in [5, 5.41) is 16.1. The lowest BCUT2D eigenvalue weighted by Crippen LogP contribution is -2.13. The van der Waals surface area contributed by atoms with Crippen molar-refractivity contribution in [3.8, 4) is 5.88 Å². The fraction of sp³-hybridized carbons (Fsp3) is 0.312. The molecule has 0 aliphatic carbocycles. The number of nitrogens with one attached hydrogen (secondary N) is 1. The molecule has 0 spiro atoms. The number of aromatic nitrogens is 4. The molecule has 3 aromatic rings. The van der Waals surface area contributed by atoms with E-state index in [-0.39, 0.29) is 24.9 Å². The van der Waals surface area contributed by atoms with Gasteiger partial charge < -0.3 is 19.9 Å². The van der Waals surface area contributed by atoms with E-state index in [1.54, 1.807) is 14.0 Å². The van der Waals surface area contributed by atoms with Gasteiger partial charge >= 0.3 is 5.97 Å². The Kier molecular flexibility index (Phi) is 5.33. The molecule has 0 unspecified atom stereocenters. The van der Waals surface area contributed by atoms with Crippen LogP contribution >= 0.6 is 11.3 Å². The van der Waals surface area contributed by atoms with Gasteiger partial charge in [-0.1, -0.05) is 0 Å². The fourth-order valence-corrected chi connectivity index (χ4v) is 3.62. The lowest BCUT2D eigenvalue weighted by molar-refractivity contribution is -0.137. The van der Waals surface area contributed by atoms with Crippen LogP contribution in [0.5, 0.6) is 5.88 Å². The van der Waals surface area contributed by atoms with Crippen LogP contribution in [0.3, 0.4) is 0 Å². The highest BCUT2D eigenvalue weighted by Gasteiger charge is 2.21. The summed E-state index contributed by atoms with van der Waals surface area (Å²) in [4.78, 5) is 33.2. The largest absolute Gasteiger partial charge is 0.480 e. The van der Waals surface area contributed by atoms with E-state index in [2.05, 4.69) is 20.4 Å². The number of carbonyl (C=O) groups is 2. The number of carboxylic acid groups (broad SMARTS) is 1. The Morgan fingerprint density at radius 1 is 1.33 bits per heavy atom. The van der Waals surface area contributed by atoms with E-state index in [1.807, 2.05) is 0 Å². The summed E-state index contributed by atoms with van der Waals surface area (Å²) in [7, 11) is 3.05. The number of hydrogen-bond acceptors (Lipinski definition) is 8. The first kappa shape index (κ1) is 18.7. The molecule has 3 rings (SSSR count). The Balaban J connectivity index is 1.91. The summed E-state index contributed by atoms with van der Waals surface area (Å²) in [6, 6.07) is 1.53. The van der Waals surface area contributed by atoms with E-state index in [1.165, 1.54) is 35.4 Å². The number of carbonyl (C=O) groups excluding carboxylic acids is 1. The number of amides is 1. The Bertz CT molecular complexity index is 1010. The number of ether oxygens (including phenoxy) is 2. The zero-order valence-corrected chi connectivity index (χ0v) is 15.7. The summed E-state index contributed by atoms with van der Waals surface area (Å²) in [6.45, 7) is 1.73. The standard InChI is InChI=1S/C16H17N5O5S/c1-8-12-15(26-3)18-10(7-25-2)19-16(12)27-13(8)14(24)17-9-4-5-21(20-9)6-11(22)23/h4-5H,6-7H2,1-3H3,(H,22,23)(H,17,20,24). The van der Waals surface area contributed by atoms with Gasteiger partial charge in [-0.3, -0.25) is 14.3 Å². The molecule has 27 heavy (non-hydrogen) atoms. The Morgan fingerprint density at radius 2 is 2.11 bits per heavy atom. The molecule has 0 atom stereocenters. The molecule has 0 saturated heterocycles. The van der Waals surface area contributed by atoms with E-state index < -0.39 is 5.97 Å². The van der Waals surface area contributed by atoms with Gasteiger partial charge in [0.1, 0.15) is 18.0 Å². The third-order valence-electron chi connectivity index (χ3n) is 3.66. The van der Waals surface area contributed by atoms with Crippen LogP contribution in [0.25, 0.3) is 10.2 Å². The van der Waals surface area contributed by atoms with Crippen molar-refractivity contribution in [2.75, 3.05) is 19.5 Å². The maximum Gasteiger partial charge on any atom is 0.325 e. The van der Waals surface area contributed by atoms with Crippen LogP contribution in [0.2, 0.25) is 0 Å². The molecule has 1 amide bonds. The van der Waals surface area contributed by atoms with Crippen LogP contribution < -0.4 is 10.1 Å². The van der Waals surface area contributed by atoms with Crippen molar-refractivity contribution in [3.05, 3.63) is 28.5 Å². The summed E-state index contributed by atoms with van der Waals surface area (Å²) >= 11 is 1.21. The highest BCUT2D eigenvalue weighted by Crippen LogP contribution is 2.35. The SMILES string of the molecule is COCc1nc(OC)c2c(C)c(C(=O)Nc3ccn(CC(=O)O)n3)sc2n1. The van der Waals surface area contributed by atoms with Crippen LogP contribution in [0.4, 0.5) is 5.82 Å². The van der Waals surface area contributed by atoms with Gasteiger partial charge in [-0.2, -0.15) is 10.1 Å². The Labute approximate surface area is 157 Å². The second-order valence-electron chi connectivity index (χ2n) is 5.56. The van der Waals surface area contributed by atoms with Gasteiger partial charge in [0.05, 0.1) is 17.4 Å². The van der Waals surface area contributed by atoms with Gasteiger partial charge in [0.15, 0.2) is 11.6 Å². The van der Waals surface area contributed by atoms with E-state index in [4.69, 9.17) is 14.6 Å². The topological polar surface area (TPSA) is 128 Å². The minimum Gasteiger partial charge on any atom is -0.480 e. The number of hydrogen-bond donors (Lipinski definition) is 2. The molecule has 142 valence electrons. The first-order valence-electron chi connectivity index (χ1n) is 7.82. The molecule has 11 heteroatoms. The Hall–Kier alpha value is -3.05. The third-order valence-corrected chi connectivity index (χ3v) is 4.84. The van der Waals surface area contributed by atoms with Crippen molar-refractivity contribution in [1.82, 2.24) is 19.7 Å². The second-order valence-corrected chi connectivity index (χ2v) is 6.56. The van der Waals surface area contributed by atoms with E-state index in [0.717, 1.165) is 0 Å². The minimum absolute atomic E-state index is 0.228. The van der Waals surface area contributed by atoms with Gasteiger partial charge in [-0.25, -0.2) is 4.98 Å². The van der Waals surface area contributed by atoms with Gasteiger partial charge in [-0.15, -0.1) is 11.3 Å². The third kappa shape index (κ3) is 3.88. The number of thiophene rings is 1. The number of rotatable bonds is 7. The maximum atomic E-state index is 12.7. The van der Waals surface area contributed by atoms with Crippen LogP contribution in [0, 0.1) is 6.92 Å². The van der Waals surface area contributed by atoms with E-state index in [0.29, 0.717) is 32.4 Å². The van der Waals surface area contributed by atoms with E-state index in [9.17, 15) is 9.59 Å². The van der Waals surface area contributed by atoms with Crippen LogP contribution in [-0.4, -0.2) is 51.0 Å². The van der Waals surface area contributed by atoms with Crippen molar-refractivity contribution in [3.63, 3.8) is 0 Å². The molecule has 3 heterocycles. The molecule has 0 aliphatic rings. The quantitative estimate of drug-likeness (QED) is 0.623. The average Bonchev–Trinajstić information content (AvgIpc) is 3.18. The summed E-state index contributed by atoms with van der Waals surface area (Å²) in [5.41, 5.74) is 0.693. The highest BCUT2D eigenvalue weighted by atomic mass is 32.1. The first-order valence-corrected chi connectivity index (χ1v) is 8.64. The summed E-state index contributed by atoms with van der Waals surface area (Å²) in [5.74, 6) is -0.287. The normalized spacial score (nSPS) is 10.9. The number of aryl methyl sites for hydroxylation is 1. The van der Waals surface area contributed by atoms with Crippen molar-refractivity contribution < 1.29 is 24.2 Å². The van der Waals surface area contributed by atoms with Crippen LogP contribution in [0.15, 0.2) is 12.3 Å². The van der Waals surface area contributed by atoms with Crippen LogP contribution in [-0.2, 0) is 22.7 Å². The van der Waals surface area contributed by atoms with Crippen molar-refractivity contribution in [1.29, 1.82) is 0 Å². The van der Waals surface area contributed by atoms with Gasteiger partial charge in [0, 0.05) is 19.4 Å². The molecule has 3 aromatic heterocycles. The number of nitrogens with zero attached hydrogens (tertiary/aromatic N) is 4.